The molecule has 0 radical (unpaired) electrons. The van der Waals surface area contributed by atoms with Gasteiger partial charge in [0.2, 0.25) is 0 Å². The van der Waals surface area contributed by atoms with Crippen molar-refractivity contribution in [2.24, 2.45) is 79.6 Å². The lowest BCUT2D eigenvalue weighted by atomic mass is 9.31. The molecule has 11 rings (SSSR count). The monoisotopic (exact) mass is 679 g/mol. The average Bonchev–Trinajstić information content (AvgIpc) is 3.61. The SMILES string of the molecule is O=C(O)c1ccc(C2=NN=C(c3ncccn3)C3C2C2C4C5CN(CCO)CC5C(C5C(c6ncccn6)=NN=C(c6ncccn6)C54)C32)cc1. The van der Waals surface area contributed by atoms with E-state index in [1.807, 2.05) is 24.3 Å². The van der Waals surface area contributed by atoms with Crippen LogP contribution in [0, 0.1) is 59.2 Å². The molecule has 14 heteroatoms. The van der Waals surface area contributed by atoms with E-state index in [0.717, 1.165) is 41.5 Å². The normalized spacial score (nSPS) is 33.0. The predicted octanol–water partition coefficient (Wildman–Crippen LogP) is 2.38. The van der Waals surface area contributed by atoms with Gasteiger partial charge in [0.1, 0.15) is 17.1 Å². The van der Waals surface area contributed by atoms with Crippen molar-refractivity contribution in [3.63, 3.8) is 0 Å². The van der Waals surface area contributed by atoms with Crippen LogP contribution >= 0.6 is 0 Å². The highest BCUT2D eigenvalue weighted by Gasteiger charge is 2.75. The van der Waals surface area contributed by atoms with Crippen LogP contribution in [0.15, 0.2) is 100 Å². The van der Waals surface area contributed by atoms with Gasteiger partial charge in [-0.05, 0) is 71.4 Å². The van der Waals surface area contributed by atoms with Gasteiger partial charge in [-0.15, -0.1) is 0 Å². The van der Waals surface area contributed by atoms with Gasteiger partial charge >= 0.3 is 5.97 Å². The van der Waals surface area contributed by atoms with Crippen molar-refractivity contribution in [1.29, 1.82) is 0 Å². The summed E-state index contributed by atoms with van der Waals surface area (Å²) >= 11 is 0. The maximum atomic E-state index is 11.8. The number of aliphatic hydroxyl groups excluding tert-OH is 1. The van der Waals surface area contributed by atoms with E-state index in [4.69, 9.17) is 40.3 Å². The fraction of sp³-hybridized carbons (Fsp3) is 0.378. The van der Waals surface area contributed by atoms with Crippen molar-refractivity contribution in [2.45, 2.75) is 0 Å². The number of carboxylic acids is 1. The number of hydrogen-bond donors (Lipinski definition) is 2. The fourth-order valence-electron chi connectivity index (χ4n) is 10.7. The third kappa shape index (κ3) is 4.52. The first kappa shape index (κ1) is 30.4. The molecule has 3 aliphatic heterocycles. The summed E-state index contributed by atoms with van der Waals surface area (Å²) in [4.78, 5) is 42.2. The Morgan fingerprint density at radius 3 is 1.39 bits per heavy atom. The first-order chi connectivity index (χ1) is 25.1. The molecular weight excluding hydrogens is 646 g/mol. The Labute approximate surface area is 292 Å². The van der Waals surface area contributed by atoms with Crippen LogP contribution in [0.25, 0.3) is 0 Å². The lowest BCUT2D eigenvalue weighted by molar-refractivity contribution is -0.180. The molecule has 10 atom stereocenters. The maximum Gasteiger partial charge on any atom is 0.335 e. The van der Waals surface area contributed by atoms with Crippen LogP contribution in [-0.4, -0.2) is 100 Å². The van der Waals surface area contributed by atoms with Crippen molar-refractivity contribution >= 4 is 28.8 Å². The number of carbonyl (C=O) groups is 1. The zero-order valence-corrected chi connectivity index (χ0v) is 27.3. The average molecular weight is 680 g/mol. The van der Waals surface area contributed by atoms with E-state index in [0.29, 0.717) is 35.9 Å². The summed E-state index contributed by atoms with van der Waals surface area (Å²) in [5, 5.41) is 39.3. The number of rotatable bonds is 7. The fourth-order valence-corrected chi connectivity index (χ4v) is 10.7. The molecule has 4 saturated carbocycles. The second kappa shape index (κ2) is 11.8. The number of nitrogens with zero attached hydrogens (tertiary/aromatic N) is 11. The van der Waals surface area contributed by atoms with Gasteiger partial charge in [0.05, 0.1) is 17.9 Å². The summed E-state index contributed by atoms with van der Waals surface area (Å²) in [7, 11) is 0. The first-order valence-electron chi connectivity index (χ1n) is 17.4. The van der Waals surface area contributed by atoms with Crippen molar-refractivity contribution < 1.29 is 15.0 Å². The van der Waals surface area contributed by atoms with Crippen LogP contribution < -0.4 is 0 Å². The molecule has 14 nitrogen and oxygen atoms in total. The van der Waals surface area contributed by atoms with E-state index in [-0.39, 0.29) is 59.5 Å². The Kier molecular flexibility index (Phi) is 7.03. The number of fused-ring (bicyclic) bond motifs is 1. The highest BCUT2D eigenvalue weighted by atomic mass is 16.4. The maximum absolute atomic E-state index is 11.8. The van der Waals surface area contributed by atoms with Crippen molar-refractivity contribution in [3.05, 3.63) is 108 Å². The number of aliphatic hydroxyl groups is 1. The molecule has 2 bridgehead atoms. The molecule has 1 saturated heterocycles. The van der Waals surface area contributed by atoms with Gasteiger partial charge in [0.15, 0.2) is 17.5 Å². The van der Waals surface area contributed by atoms with E-state index < -0.39 is 5.97 Å². The Bertz CT molecular complexity index is 2130. The molecule has 5 fully saturated rings. The van der Waals surface area contributed by atoms with E-state index >= 15 is 0 Å². The van der Waals surface area contributed by atoms with Gasteiger partial charge in [-0.2, -0.15) is 20.4 Å². The Morgan fingerprint density at radius 1 is 0.588 bits per heavy atom. The van der Waals surface area contributed by atoms with Crippen molar-refractivity contribution in [3.8, 4) is 0 Å². The summed E-state index contributed by atoms with van der Waals surface area (Å²) in [6, 6.07) is 12.4. The van der Waals surface area contributed by atoms with E-state index in [9.17, 15) is 15.0 Å². The summed E-state index contributed by atoms with van der Waals surface area (Å²) in [5.74, 6) is 1.89. The van der Waals surface area contributed by atoms with Crippen LogP contribution in [0.2, 0.25) is 0 Å². The molecule has 7 aliphatic rings. The molecule has 10 unspecified atom stereocenters. The summed E-state index contributed by atoms with van der Waals surface area (Å²) in [5.41, 5.74) is 4.30. The topological polar surface area (TPSA) is 188 Å². The lowest BCUT2D eigenvalue weighted by Crippen LogP contribution is -2.73. The summed E-state index contributed by atoms with van der Waals surface area (Å²) in [6.45, 7) is 2.46. The molecule has 4 aromatic rings. The van der Waals surface area contributed by atoms with Crippen LogP contribution in [0.5, 0.6) is 0 Å². The highest BCUT2D eigenvalue weighted by molar-refractivity contribution is 6.13. The number of β-amino-alcohol motifs (C(OH)–C–C–N with tert-alkyl or cyclic N) is 1. The second-order valence-corrected chi connectivity index (χ2v) is 14.3. The minimum atomic E-state index is -0.974. The van der Waals surface area contributed by atoms with Gasteiger partial charge < -0.3 is 15.1 Å². The molecule has 254 valence electrons. The molecule has 4 aliphatic carbocycles. The van der Waals surface area contributed by atoms with Crippen molar-refractivity contribution in [2.75, 3.05) is 26.2 Å². The van der Waals surface area contributed by atoms with Crippen molar-refractivity contribution in [1.82, 2.24) is 34.8 Å². The van der Waals surface area contributed by atoms with E-state index in [2.05, 4.69) is 14.9 Å². The minimum absolute atomic E-state index is 0.0171. The summed E-state index contributed by atoms with van der Waals surface area (Å²) in [6.07, 6.45) is 10.5. The van der Waals surface area contributed by atoms with Gasteiger partial charge in [-0.25, -0.2) is 34.7 Å². The highest BCUT2D eigenvalue weighted by Crippen LogP contribution is 2.73. The molecular formula is C37H33N11O3. The minimum Gasteiger partial charge on any atom is -0.478 e. The largest absolute Gasteiger partial charge is 0.478 e. The van der Waals surface area contributed by atoms with Gasteiger partial charge in [0.25, 0.3) is 0 Å². The third-order valence-electron chi connectivity index (χ3n) is 12.3. The number of hydrogen-bond acceptors (Lipinski definition) is 13. The van der Waals surface area contributed by atoms with Crippen LogP contribution in [0.1, 0.15) is 33.4 Å². The zero-order chi connectivity index (χ0) is 34.2. The number of benzene rings is 1. The van der Waals surface area contributed by atoms with Gasteiger partial charge in [0, 0.05) is 80.5 Å². The molecule has 0 amide bonds. The third-order valence-corrected chi connectivity index (χ3v) is 12.3. The Balaban J connectivity index is 1.17. The van der Waals surface area contributed by atoms with E-state index in [1.165, 1.54) is 0 Å². The number of aromatic nitrogens is 6. The van der Waals surface area contributed by atoms with Crippen LogP contribution in [-0.2, 0) is 0 Å². The van der Waals surface area contributed by atoms with Crippen LogP contribution in [0.4, 0.5) is 0 Å². The summed E-state index contributed by atoms with van der Waals surface area (Å²) < 4.78 is 0. The second-order valence-electron chi connectivity index (χ2n) is 14.3. The quantitative estimate of drug-likeness (QED) is 0.294. The standard InChI is InChI=1S/C37H33N11O3/c49-15-14-48-16-20-21(17-48)23-25-24(22(20)26-27(23)32(35-40-10-2-11-41-35)47-46-31(26)34-38-8-1-9-39-34)28-29(25)33(36-42-12-3-13-43-36)45-44-30(28)18-4-6-19(7-5-18)37(50)51/h1-13,20-29,49H,14-17H2,(H,50,51). The lowest BCUT2D eigenvalue weighted by Gasteiger charge is -2.71. The predicted molar refractivity (Wildman–Crippen MR) is 184 cm³/mol. The Morgan fingerprint density at radius 2 is 0.980 bits per heavy atom. The van der Waals surface area contributed by atoms with E-state index in [1.54, 1.807) is 55.4 Å². The molecule has 0 spiro atoms. The molecule has 3 aromatic heterocycles. The number of aromatic carboxylic acids is 1. The number of carboxylic acid groups (broad SMARTS) is 1. The van der Waals surface area contributed by atoms with Gasteiger partial charge in [-0.3, -0.25) is 0 Å². The first-order valence-corrected chi connectivity index (χ1v) is 17.4. The van der Waals surface area contributed by atoms with Crippen LogP contribution in [0.3, 0.4) is 0 Å². The molecule has 6 heterocycles. The molecule has 51 heavy (non-hydrogen) atoms. The zero-order valence-electron chi connectivity index (χ0n) is 27.3. The van der Waals surface area contributed by atoms with Gasteiger partial charge in [-0.1, -0.05) is 12.1 Å². The molecule has 2 N–H and O–H groups in total. The Hall–Kier alpha value is -5.47. The number of likely N-dealkylation sites (tertiary alicyclic amines) is 1. The molecule has 1 aromatic carbocycles. The smallest absolute Gasteiger partial charge is 0.335 e.